The first-order chi connectivity index (χ1) is 13.5. The number of carbonyl (C=O) groups is 2. The number of carbonyl (C=O) groups excluding carboxylic acids is 2. The van der Waals surface area contributed by atoms with Gasteiger partial charge in [0.15, 0.2) is 12.4 Å². The summed E-state index contributed by atoms with van der Waals surface area (Å²) in [5, 5.41) is 11.2. The van der Waals surface area contributed by atoms with Gasteiger partial charge in [0.05, 0.1) is 4.92 Å². The average Bonchev–Trinajstić information content (AvgIpc) is 2.72. The zero-order chi connectivity index (χ0) is 20.1. The number of hydrogen-bond acceptors (Lipinski definition) is 5. The first-order valence-corrected chi connectivity index (χ1v) is 9.57. The Hall–Kier alpha value is -2.73. The lowest BCUT2D eigenvalue weighted by molar-refractivity contribution is -0.385. The second kappa shape index (κ2) is 8.97. The molecule has 7 heteroatoms. The van der Waals surface area contributed by atoms with Gasteiger partial charge in [0.2, 0.25) is 0 Å². The van der Waals surface area contributed by atoms with E-state index >= 15 is 0 Å². The van der Waals surface area contributed by atoms with Crippen LogP contribution in [0.15, 0.2) is 42.5 Å². The molecule has 0 unspecified atom stereocenters. The Balaban J connectivity index is 1.63. The minimum atomic E-state index is -0.957. The molecule has 1 fully saturated rings. The molecule has 2 aromatic rings. The van der Waals surface area contributed by atoms with Gasteiger partial charge in [-0.2, -0.15) is 0 Å². The van der Waals surface area contributed by atoms with Crippen molar-refractivity contribution in [1.82, 2.24) is 0 Å². The lowest BCUT2D eigenvalue weighted by Crippen LogP contribution is -2.15. The summed E-state index contributed by atoms with van der Waals surface area (Å²) in [6, 6.07) is 11.0. The summed E-state index contributed by atoms with van der Waals surface area (Å²) in [6.45, 7) is -0.495. The van der Waals surface area contributed by atoms with Crippen molar-refractivity contribution in [1.29, 1.82) is 0 Å². The number of hydrogen-bond donors (Lipinski definition) is 0. The smallest absolute Gasteiger partial charge is 0.345 e. The number of nitro benzene ring substituents is 1. The highest BCUT2D eigenvalue weighted by molar-refractivity contribution is 6.31. The molecule has 0 bridgehead atoms. The molecule has 0 aliphatic heterocycles. The first kappa shape index (κ1) is 20.0. The predicted octanol–water partition coefficient (Wildman–Crippen LogP) is 5.34. The van der Waals surface area contributed by atoms with Crippen LogP contribution in [0.5, 0.6) is 0 Å². The average molecular weight is 402 g/mol. The van der Waals surface area contributed by atoms with Crippen molar-refractivity contribution in [3.05, 3.63) is 74.3 Å². The minimum absolute atomic E-state index is 0.169. The summed E-state index contributed by atoms with van der Waals surface area (Å²) >= 11 is 5.81. The zero-order valence-corrected chi connectivity index (χ0v) is 16.0. The van der Waals surface area contributed by atoms with Crippen LogP contribution < -0.4 is 0 Å². The monoisotopic (exact) mass is 401 g/mol. The first-order valence-electron chi connectivity index (χ1n) is 9.20. The van der Waals surface area contributed by atoms with Crippen LogP contribution in [0.3, 0.4) is 0 Å². The Bertz CT molecular complexity index is 888. The summed E-state index contributed by atoms with van der Waals surface area (Å²) in [4.78, 5) is 34.8. The topological polar surface area (TPSA) is 86.5 Å². The maximum absolute atomic E-state index is 12.3. The van der Waals surface area contributed by atoms with E-state index in [0.717, 1.165) is 12.1 Å². The van der Waals surface area contributed by atoms with Crippen LogP contribution in [0.4, 0.5) is 5.69 Å². The van der Waals surface area contributed by atoms with Crippen LogP contribution in [-0.2, 0) is 4.74 Å². The van der Waals surface area contributed by atoms with Crippen molar-refractivity contribution in [3.8, 4) is 0 Å². The van der Waals surface area contributed by atoms with Crippen LogP contribution in [0.2, 0.25) is 5.02 Å². The van der Waals surface area contributed by atoms with Gasteiger partial charge in [0.25, 0.3) is 5.69 Å². The number of Topliss-reactive ketones (excluding diaryl/α,β-unsaturated/α-hetero) is 1. The van der Waals surface area contributed by atoms with E-state index in [1.54, 1.807) is 12.1 Å². The third-order valence-corrected chi connectivity index (χ3v) is 5.25. The molecule has 28 heavy (non-hydrogen) atoms. The van der Waals surface area contributed by atoms with Gasteiger partial charge < -0.3 is 4.74 Å². The standard InChI is InChI=1S/C21H20ClNO5/c22-17-10-11-19(23(26)27)18(12-17)21(25)28-13-20(24)16-8-6-15(7-9-16)14-4-2-1-3-5-14/h6-12,14H,1-5,13H2. The summed E-state index contributed by atoms with van der Waals surface area (Å²) in [6.07, 6.45) is 6.09. The van der Waals surface area contributed by atoms with Crippen molar-refractivity contribution >= 4 is 29.0 Å². The third kappa shape index (κ3) is 4.75. The normalized spacial score (nSPS) is 14.5. The molecule has 0 atom stereocenters. The zero-order valence-electron chi connectivity index (χ0n) is 15.2. The van der Waals surface area contributed by atoms with Gasteiger partial charge in [-0.3, -0.25) is 14.9 Å². The molecule has 3 rings (SSSR count). The van der Waals surface area contributed by atoms with E-state index in [1.807, 2.05) is 12.1 Å². The maximum atomic E-state index is 12.3. The highest BCUT2D eigenvalue weighted by Crippen LogP contribution is 2.32. The molecule has 0 spiro atoms. The molecule has 0 radical (unpaired) electrons. The van der Waals surface area contributed by atoms with Crippen LogP contribution >= 0.6 is 11.6 Å². The number of halogens is 1. The van der Waals surface area contributed by atoms with Crippen molar-refractivity contribution in [3.63, 3.8) is 0 Å². The van der Waals surface area contributed by atoms with Gasteiger partial charge in [-0.15, -0.1) is 0 Å². The molecule has 0 amide bonds. The Labute approximate surface area is 167 Å². The van der Waals surface area contributed by atoms with Crippen molar-refractivity contribution in [2.45, 2.75) is 38.0 Å². The van der Waals surface area contributed by atoms with Gasteiger partial charge in [-0.05, 0) is 36.5 Å². The van der Waals surface area contributed by atoms with Gasteiger partial charge in [0, 0.05) is 16.7 Å². The maximum Gasteiger partial charge on any atom is 0.345 e. The van der Waals surface area contributed by atoms with E-state index in [9.17, 15) is 19.7 Å². The molecule has 1 aliphatic carbocycles. The van der Waals surface area contributed by atoms with Crippen molar-refractivity contribution < 1.29 is 19.2 Å². The van der Waals surface area contributed by atoms with Gasteiger partial charge in [0.1, 0.15) is 5.56 Å². The molecule has 146 valence electrons. The summed E-state index contributed by atoms with van der Waals surface area (Å²) in [5.41, 5.74) is 0.965. The van der Waals surface area contributed by atoms with Crippen LogP contribution in [0.1, 0.15) is 64.3 Å². The fourth-order valence-corrected chi connectivity index (χ4v) is 3.67. The molecule has 1 aliphatic rings. The third-order valence-electron chi connectivity index (χ3n) is 5.02. The fourth-order valence-electron chi connectivity index (χ4n) is 3.50. The molecule has 1 saturated carbocycles. The molecule has 0 N–H and O–H groups in total. The number of esters is 1. The molecule has 6 nitrogen and oxygen atoms in total. The van der Waals surface area contributed by atoms with Crippen molar-refractivity contribution in [2.24, 2.45) is 0 Å². The summed E-state index contributed by atoms with van der Waals surface area (Å²) in [5.74, 6) is -0.784. The van der Waals surface area contributed by atoms with Crippen molar-refractivity contribution in [2.75, 3.05) is 6.61 Å². The highest BCUT2D eigenvalue weighted by atomic mass is 35.5. The van der Waals surface area contributed by atoms with E-state index < -0.39 is 23.2 Å². The fraction of sp³-hybridized carbons (Fsp3) is 0.333. The molecule has 0 aromatic heterocycles. The molecule has 0 heterocycles. The Morgan fingerprint density at radius 1 is 1.07 bits per heavy atom. The predicted molar refractivity (Wildman–Crippen MR) is 105 cm³/mol. The van der Waals surface area contributed by atoms with E-state index in [4.69, 9.17) is 16.3 Å². The van der Waals surface area contributed by atoms with Crippen LogP contribution in [0, 0.1) is 10.1 Å². The molecular weight excluding hydrogens is 382 g/mol. The number of benzene rings is 2. The lowest BCUT2D eigenvalue weighted by atomic mass is 9.84. The summed E-state index contributed by atoms with van der Waals surface area (Å²) < 4.78 is 4.99. The Morgan fingerprint density at radius 2 is 1.75 bits per heavy atom. The number of nitro groups is 1. The summed E-state index contributed by atoms with van der Waals surface area (Å²) in [7, 11) is 0. The van der Waals surface area contributed by atoms with E-state index in [2.05, 4.69) is 0 Å². The van der Waals surface area contributed by atoms with Crippen LogP contribution in [-0.4, -0.2) is 23.3 Å². The van der Waals surface area contributed by atoms with Gasteiger partial charge in [-0.25, -0.2) is 4.79 Å². The SMILES string of the molecule is O=C(COC(=O)c1cc(Cl)ccc1[N+](=O)[O-])c1ccc(C2CCCCC2)cc1. The molecule has 2 aromatic carbocycles. The lowest BCUT2D eigenvalue weighted by Gasteiger charge is -2.22. The highest BCUT2D eigenvalue weighted by Gasteiger charge is 2.23. The minimum Gasteiger partial charge on any atom is -0.454 e. The Kier molecular flexibility index (Phi) is 6.41. The quantitative estimate of drug-likeness (QED) is 0.282. The van der Waals surface area contributed by atoms with Gasteiger partial charge in [-0.1, -0.05) is 55.1 Å². The second-order valence-corrected chi connectivity index (χ2v) is 7.31. The van der Waals surface area contributed by atoms with E-state index in [-0.39, 0.29) is 16.4 Å². The Morgan fingerprint density at radius 3 is 2.39 bits per heavy atom. The number of rotatable bonds is 6. The number of ketones is 1. The molecule has 0 saturated heterocycles. The number of ether oxygens (including phenoxy) is 1. The van der Waals surface area contributed by atoms with E-state index in [0.29, 0.717) is 11.5 Å². The van der Waals surface area contributed by atoms with Crippen LogP contribution in [0.25, 0.3) is 0 Å². The second-order valence-electron chi connectivity index (χ2n) is 6.87. The van der Waals surface area contributed by atoms with Gasteiger partial charge >= 0.3 is 5.97 Å². The van der Waals surface area contributed by atoms with E-state index in [1.165, 1.54) is 43.7 Å². The largest absolute Gasteiger partial charge is 0.454 e. The number of nitrogens with zero attached hydrogens (tertiary/aromatic N) is 1. The molecular formula is C21H20ClNO5.